The highest BCUT2D eigenvalue weighted by Gasteiger charge is 2.32. The van der Waals surface area contributed by atoms with Crippen molar-refractivity contribution in [2.75, 3.05) is 24.7 Å². The van der Waals surface area contributed by atoms with Gasteiger partial charge in [0.1, 0.15) is 16.4 Å². The first-order valence-corrected chi connectivity index (χ1v) is 12.4. The van der Waals surface area contributed by atoms with Crippen LogP contribution in [0.15, 0.2) is 29.6 Å². The molecule has 0 unspecified atom stereocenters. The van der Waals surface area contributed by atoms with E-state index in [0.29, 0.717) is 53.6 Å². The Labute approximate surface area is 205 Å². The van der Waals surface area contributed by atoms with Crippen LogP contribution in [0.25, 0.3) is 11.0 Å². The van der Waals surface area contributed by atoms with Gasteiger partial charge in [-0.3, -0.25) is 9.78 Å². The number of hydrogen-bond acceptors (Lipinski definition) is 10. The van der Waals surface area contributed by atoms with Gasteiger partial charge in [0.05, 0.1) is 42.6 Å². The Morgan fingerprint density at radius 2 is 2.11 bits per heavy atom. The second kappa shape index (κ2) is 10.4. The number of nitrogens with zero attached hydrogens (tertiary/aromatic N) is 4. The lowest BCUT2D eigenvalue weighted by atomic mass is 10.1. The molecular formula is C23H26FN7O3S. The Balaban J connectivity index is 1.15. The summed E-state index contributed by atoms with van der Waals surface area (Å²) in [4.78, 5) is 28.9. The van der Waals surface area contributed by atoms with Gasteiger partial charge in [-0.25, -0.2) is 19.3 Å². The fraction of sp³-hybridized carbons (Fsp3) is 0.435. The molecule has 3 aromatic rings. The van der Waals surface area contributed by atoms with E-state index in [4.69, 9.17) is 4.74 Å². The molecule has 12 heteroatoms. The maximum absolute atomic E-state index is 14.6. The second-order valence-corrected chi connectivity index (χ2v) is 9.65. The third-order valence-electron chi connectivity index (χ3n) is 6.24. The predicted octanol–water partition coefficient (Wildman–Crippen LogP) is 1.63. The molecule has 1 amide bonds. The monoisotopic (exact) mass is 499 g/mol. The molecule has 1 aliphatic carbocycles. The van der Waals surface area contributed by atoms with Crippen LogP contribution >= 0.6 is 11.8 Å². The van der Waals surface area contributed by atoms with Crippen LogP contribution in [0, 0.1) is 11.7 Å². The molecule has 4 N–H and O–H groups in total. The summed E-state index contributed by atoms with van der Waals surface area (Å²) < 4.78 is 19.7. The van der Waals surface area contributed by atoms with Crippen LogP contribution in [-0.2, 0) is 17.9 Å². The van der Waals surface area contributed by atoms with Crippen molar-refractivity contribution in [2.24, 2.45) is 5.92 Å². The minimum Gasteiger partial charge on any atom is -0.481 e. The van der Waals surface area contributed by atoms with E-state index in [1.165, 1.54) is 25.1 Å². The van der Waals surface area contributed by atoms with E-state index in [2.05, 4.69) is 35.9 Å². The van der Waals surface area contributed by atoms with Crippen LogP contribution in [0.3, 0.4) is 0 Å². The Hall–Kier alpha value is -2.93. The number of pyridine rings is 2. The highest BCUT2D eigenvalue weighted by molar-refractivity contribution is 8.00. The summed E-state index contributed by atoms with van der Waals surface area (Å²) in [6, 6.07) is 3.27. The van der Waals surface area contributed by atoms with Crippen molar-refractivity contribution in [3.05, 3.63) is 41.6 Å². The number of fused-ring (bicyclic) bond motifs is 2. The summed E-state index contributed by atoms with van der Waals surface area (Å²) in [7, 11) is 1.51. The van der Waals surface area contributed by atoms with Gasteiger partial charge in [-0.1, -0.05) is 11.8 Å². The molecular weight excluding hydrogens is 473 g/mol. The van der Waals surface area contributed by atoms with Crippen LogP contribution in [0.2, 0.25) is 0 Å². The van der Waals surface area contributed by atoms with Gasteiger partial charge in [-0.15, -0.1) is 0 Å². The molecule has 4 heterocycles. The maximum atomic E-state index is 14.6. The quantitative estimate of drug-likeness (QED) is 0.362. The molecule has 1 saturated carbocycles. The number of carbonyl (C=O) groups is 1. The summed E-state index contributed by atoms with van der Waals surface area (Å²) >= 11 is 1.38. The Morgan fingerprint density at radius 1 is 1.23 bits per heavy atom. The largest absolute Gasteiger partial charge is 0.481 e. The number of anilines is 1. The summed E-state index contributed by atoms with van der Waals surface area (Å²) in [5, 5.41) is 20.7. The fourth-order valence-electron chi connectivity index (χ4n) is 4.49. The van der Waals surface area contributed by atoms with Crippen LogP contribution < -0.4 is 20.7 Å². The smallest absolute Gasteiger partial charge is 0.236 e. The van der Waals surface area contributed by atoms with Crippen molar-refractivity contribution in [1.29, 1.82) is 0 Å². The Morgan fingerprint density at radius 3 is 2.97 bits per heavy atom. The Bertz CT molecular complexity index is 1250. The van der Waals surface area contributed by atoms with Crippen molar-refractivity contribution in [2.45, 2.75) is 43.1 Å². The van der Waals surface area contributed by atoms with E-state index in [9.17, 15) is 14.3 Å². The molecule has 3 aromatic heterocycles. The summed E-state index contributed by atoms with van der Waals surface area (Å²) in [5.74, 6) is 0.984. The first kappa shape index (κ1) is 23.8. The molecule has 1 aliphatic heterocycles. The summed E-state index contributed by atoms with van der Waals surface area (Å²) in [6.45, 7) is 1.43. The van der Waals surface area contributed by atoms with Crippen LogP contribution in [-0.4, -0.2) is 62.5 Å². The molecule has 0 bridgehead atoms. The lowest BCUT2D eigenvalue weighted by molar-refractivity contribution is -0.113. The molecule has 1 fully saturated rings. The number of halogens is 1. The zero-order chi connectivity index (χ0) is 24.4. The van der Waals surface area contributed by atoms with Crippen molar-refractivity contribution in [3.63, 3.8) is 0 Å². The molecule has 0 saturated heterocycles. The second-order valence-electron chi connectivity index (χ2n) is 8.68. The van der Waals surface area contributed by atoms with Gasteiger partial charge in [0.2, 0.25) is 11.8 Å². The third kappa shape index (κ3) is 5.35. The number of rotatable bonds is 8. The number of amides is 1. The van der Waals surface area contributed by atoms with E-state index in [0.717, 1.165) is 17.1 Å². The van der Waals surface area contributed by atoms with Crippen molar-refractivity contribution < 1.29 is 19.0 Å². The Kier molecular flexibility index (Phi) is 7.04. The highest BCUT2D eigenvalue weighted by atomic mass is 32.2. The zero-order valence-corrected chi connectivity index (χ0v) is 19.9. The number of hydrogen-bond donors (Lipinski definition) is 4. The number of aliphatic hydroxyl groups excluding tert-OH is 1. The van der Waals surface area contributed by atoms with E-state index >= 15 is 0 Å². The summed E-state index contributed by atoms with van der Waals surface area (Å²) in [5.41, 5.74) is 2.17. The maximum Gasteiger partial charge on any atom is 0.236 e. The number of aliphatic hydroxyl groups is 1. The van der Waals surface area contributed by atoms with Gasteiger partial charge in [0.25, 0.3) is 0 Å². The van der Waals surface area contributed by atoms with E-state index in [1.807, 2.05) is 0 Å². The van der Waals surface area contributed by atoms with Crippen LogP contribution in [0.5, 0.6) is 5.88 Å². The molecule has 184 valence electrons. The first-order chi connectivity index (χ1) is 17.0. The average molecular weight is 500 g/mol. The van der Waals surface area contributed by atoms with Crippen LogP contribution in [0.4, 0.5) is 10.2 Å². The van der Waals surface area contributed by atoms with Crippen LogP contribution in [0.1, 0.15) is 24.1 Å². The minimum absolute atomic E-state index is 0.0741. The number of nitrogens with one attached hydrogen (secondary N) is 3. The van der Waals surface area contributed by atoms with Gasteiger partial charge >= 0.3 is 0 Å². The SMILES string of the molecule is COc1ccc2ncc(F)c(CN[C@@H]3C[C@@H](CNCc4cnc5c(n4)NC(=O)CS5)C[C@H]3O)c2n1. The number of methoxy groups -OCH3 is 1. The van der Waals surface area contributed by atoms with Gasteiger partial charge in [-0.2, -0.15) is 0 Å². The first-order valence-electron chi connectivity index (χ1n) is 11.4. The van der Waals surface area contributed by atoms with E-state index < -0.39 is 11.9 Å². The molecule has 0 aromatic carbocycles. The normalized spacial score (nSPS) is 21.7. The fourth-order valence-corrected chi connectivity index (χ4v) is 5.19. The lowest BCUT2D eigenvalue weighted by Gasteiger charge is -2.17. The standard InChI is InChI=1S/C23H26FN7O3S/c1-34-20-3-2-16-21(31-20)14(15(24)10-27-16)9-26-17-4-12(5-18(17)32)6-25-7-13-8-28-23-22(29-13)30-19(33)11-35-23/h2-3,8,10,12,17-18,25-26,32H,4-7,9,11H2,1H3,(H,29,30,33)/t12-,17-,18-/m1/s1. The number of thioether (sulfide) groups is 1. The minimum atomic E-state index is -0.531. The molecule has 5 rings (SSSR count). The highest BCUT2D eigenvalue weighted by Crippen LogP contribution is 2.28. The van der Waals surface area contributed by atoms with E-state index in [-0.39, 0.29) is 24.4 Å². The molecule has 10 nitrogen and oxygen atoms in total. The van der Waals surface area contributed by atoms with Crippen molar-refractivity contribution in [3.8, 4) is 5.88 Å². The van der Waals surface area contributed by atoms with Gasteiger partial charge in [0.15, 0.2) is 5.82 Å². The van der Waals surface area contributed by atoms with Gasteiger partial charge < -0.3 is 25.8 Å². The number of aromatic nitrogens is 4. The van der Waals surface area contributed by atoms with Gasteiger partial charge in [-0.05, 0) is 31.4 Å². The third-order valence-corrected chi connectivity index (χ3v) is 7.22. The molecule has 2 aliphatic rings. The van der Waals surface area contributed by atoms with E-state index in [1.54, 1.807) is 18.3 Å². The van der Waals surface area contributed by atoms with Crippen molar-refractivity contribution in [1.82, 2.24) is 30.6 Å². The molecule has 35 heavy (non-hydrogen) atoms. The predicted molar refractivity (Wildman–Crippen MR) is 128 cm³/mol. The number of carbonyl (C=O) groups excluding carboxylic acids is 1. The molecule has 0 radical (unpaired) electrons. The molecule has 3 atom stereocenters. The topological polar surface area (TPSA) is 134 Å². The summed E-state index contributed by atoms with van der Waals surface area (Å²) in [6.07, 6.45) is 3.76. The molecule has 0 spiro atoms. The van der Waals surface area contributed by atoms with Crippen molar-refractivity contribution >= 4 is 34.5 Å². The number of ether oxygens (including phenoxy) is 1. The lowest BCUT2D eigenvalue weighted by Crippen LogP contribution is -2.35. The average Bonchev–Trinajstić information content (AvgIpc) is 3.21. The zero-order valence-electron chi connectivity index (χ0n) is 19.1. The van der Waals surface area contributed by atoms with Gasteiger partial charge in [0, 0.05) is 30.8 Å².